The molecular weight excluding hydrogens is 192 g/mol. The summed E-state index contributed by atoms with van der Waals surface area (Å²) in [4.78, 5) is 14.8. The van der Waals surface area contributed by atoms with Gasteiger partial charge in [0.25, 0.3) is 0 Å². The minimum absolute atomic E-state index is 0.0456. The molecule has 0 bridgehead atoms. The number of carbonyl (C=O) groups excluding carboxylic acids is 1. The summed E-state index contributed by atoms with van der Waals surface area (Å²) >= 11 is 0. The van der Waals surface area contributed by atoms with Gasteiger partial charge < -0.3 is 16.0 Å². The highest BCUT2D eigenvalue weighted by Gasteiger charge is 1.90. The molecule has 84 valence electrons. The molecule has 5 nitrogen and oxygen atoms in total. The van der Waals surface area contributed by atoms with E-state index in [-0.39, 0.29) is 12.5 Å². The number of hydrogen-bond donors (Lipinski definition) is 3. The third-order valence-corrected chi connectivity index (χ3v) is 1.43. The van der Waals surface area contributed by atoms with Crippen molar-refractivity contribution in [3.8, 4) is 0 Å². The van der Waals surface area contributed by atoms with Crippen LogP contribution in [-0.2, 0) is 4.79 Å². The van der Waals surface area contributed by atoms with E-state index in [2.05, 4.69) is 27.5 Å². The number of aliphatic imine (C=N–C) groups is 1. The summed E-state index contributed by atoms with van der Waals surface area (Å²) in [6.45, 7) is 5.13. The van der Waals surface area contributed by atoms with Crippen LogP contribution in [0, 0.1) is 0 Å². The number of nitrogens with one attached hydrogen (secondary N) is 3. The summed E-state index contributed by atoms with van der Waals surface area (Å²) in [6, 6.07) is 0. The topological polar surface area (TPSA) is 65.5 Å². The molecule has 0 fully saturated rings. The normalized spacial score (nSPS) is 10.5. The molecule has 0 radical (unpaired) electrons. The molecule has 0 aliphatic carbocycles. The van der Waals surface area contributed by atoms with E-state index in [1.165, 1.54) is 0 Å². The Kier molecular flexibility index (Phi) is 9.08. The van der Waals surface area contributed by atoms with Gasteiger partial charge in [-0.15, -0.1) is 6.58 Å². The molecule has 0 rings (SSSR count). The van der Waals surface area contributed by atoms with Crippen LogP contribution in [0.5, 0.6) is 0 Å². The first-order valence-electron chi connectivity index (χ1n) is 4.72. The van der Waals surface area contributed by atoms with Gasteiger partial charge in [0.2, 0.25) is 5.91 Å². The predicted octanol–water partition coefficient (Wildman–Crippen LogP) is -0.360. The first kappa shape index (κ1) is 13.2. The molecule has 15 heavy (non-hydrogen) atoms. The van der Waals surface area contributed by atoms with Gasteiger partial charge in [-0.1, -0.05) is 6.08 Å². The van der Waals surface area contributed by atoms with Gasteiger partial charge in [-0.3, -0.25) is 9.79 Å². The molecular formula is C10H18N4O. The fraction of sp³-hybridized carbons (Fsp3) is 0.400. The summed E-state index contributed by atoms with van der Waals surface area (Å²) in [5.41, 5.74) is 0. The zero-order valence-corrected chi connectivity index (χ0v) is 8.99. The lowest BCUT2D eigenvalue weighted by atomic mass is 10.5. The molecule has 1 amide bonds. The van der Waals surface area contributed by atoms with E-state index in [4.69, 9.17) is 0 Å². The Labute approximate surface area is 90.4 Å². The van der Waals surface area contributed by atoms with Crippen LogP contribution < -0.4 is 16.0 Å². The summed E-state index contributed by atoms with van der Waals surface area (Å²) in [7, 11) is 1.60. The van der Waals surface area contributed by atoms with Crippen molar-refractivity contribution in [2.45, 2.75) is 0 Å². The van der Waals surface area contributed by atoms with Crippen LogP contribution in [0.1, 0.15) is 0 Å². The van der Waals surface area contributed by atoms with Crippen LogP contribution in [0.3, 0.4) is 0 Å². The molecule has 0 aromatic heterocycles. The monoisotopic (exact) mass is 210 g/mol. The van der Waals surface area contributed by atoms with Crippen LogP contribution in [-0.4, -0.2) is 38.9 Å². The van der Waals surface area contributed by atoms with Gasteiger partial charge >= 0.3 is 0 Å². The second-order valence-corrected chi connectivity index (χ2v) is 2.65. The molecule has 5 heteroatoms. The lowest BCUT2D eigenvalue weighted by Crippen LogP contribution is -2.28. The Morgan fingerprint density at radius 2 is 2.27 bits per heavy atom. The van der Waals surface area contributed by atoms with Crippen molar-refractivity contribution < 1.29 is 4.79 Å². The molecule has 3 N–H and O–H groups in total. The molecule has 0 aliphatic rings. The predicted molar refractivity (Wildman–Crippen MR) is 62.8 cm³/mol. The van der Waals surface area contributed by atoms with Crippen molar-refractivity contribution in [2.75, 3.05) is 26.7 Å². The van der Waals surface area contributed by atoms with E-state index in [1.807, 2.05) is 6.08 Å². The summed E-state index contributed by atoms with van der Waals surface area (Å²) in [5, 5.41) is 8.27. The van der Waals surface area contributed by atoms with E-state index < -0.39 is 0 Å². The average molecular weight is 210 g/mol. The van der Waals surface area contributed by atoms with Gasteiger partial charge in [0.05, 0.1) is 19.4 Å². The minimum atomic E-state index is -0.0456. The smallest absolute Gasteiger partial charge is 0.239 e. The molecule has 0 atom stereocenters. The highest BCUT2D eigenvalue weighted by atomic mass is 16.1. The van der Waals surface area contributed by atoms with Crippen molar-refractivity contribution in [1.29, 1.82) is 0 Å². The summed E-state index contributed by atoms with van der Waals surface area (Å²) in [6.07, 6.45) is 6.92. The Morgan fingerprint density at radius 1 is 1.47 bits per heavy atom. The van der Waals surface area contributed by atoms with Crippen LogP contribution >= 0.6 is 0 Å². The van der Waals surface area contributed by atoms with Crippen LogP contribution in [0.2, 0.25) is 0 Å². The van der Waals surface area contributed by atoms with E-state index in [0.717, 1.165) is 0 Å². The number of likely N-dealkylation sites (N-methyl/N-ethyl adjacent to an activating group) is 1. The van der Waals surface area contributed by atoms with Crippen molar-refractivity contribution in [3.63, 3.8) is 0 Å². The second kappa shape index (κ2) is 10.3. The van der Waals surface area contributed by atoms with Gasteiger partial charge in [0, 0.05) is 13.6 Å². The minimum Gasteiger partial charge on any atom is -0.382 e. The van der Waals surface area contributed by atoms with Crippen molar-refractivity contribution in [2.24, 2.45) is 4.99 Å². The average Bonchev–Trinajstić information content (AvgIpc) is 2.26. The van der Waals surface area contributed by atoms with Crippen LogP contribution in [0.15, 0.2) is 29.9 Å². The lowest BCUT2D eigenvalue weighted by molar-refractivity contribution is -0.119. The van der Waals surface area contributed by atoms with E-state index in [9.17, 15) is 4.79 Å². The van der Waals surface area contributed by atoms with E-state index in [1.54, 1.807) is 25.7 Å². The number of nitrogens with zero attached hydrogens (tertiary/aromatic N) is 1. The third-order valence-electron chi connectivity index (χ3n) is 1.43. The molecule has 0 saturated carbocycles. The maximum atomic E-state index is 10.8. The lowest BCUT2D eigenvalue weighted by Gasteiger charge is -1.97. The quantitative estimate of drug-likeness (QED) is 0.222. The number of rotatable bonds is 8. The molecule has 0 spiro atoms. The zero-order chi connectivity index (χ0) is 11.4. The fourth-order valence-corrected chi connectivity index (χ4v) is 0.690. The molecule has 0 aliphatic heterocycles. The van der Waals surface area contributed by atoms with E-state index >= 15 is 0 Å². The van der Waals surface area contributed by atoms with Gasteiger partial charge in [0.1, 0.15) is 0 Å². The number of amides is 1. The van der Waals surface area contributed by atoms with Gasteiger partial charge in [-0.2, -0.15) is 0 Å². The largest absolute Gasteiger partial charge is 0.382 e. The maximum absolute atomic E-state index is 10.8. The van der Waals surface area contributed by atoms with Crippen LogP contribution in [0.4, 0.5) is 0 Å². The first-order valence-corrected chi connectivity index (χ1v) is 4.72. The maximum Gasteiger partial charge on any atom is 0.239 e. The Morgan fingerprint density at radius 3 is 2.93 bits per heavy atom. The standard InChI is InChI=1S/C10H18N4O/c1-3-5-13-9-14-7-4-6-12-8-10(15)11-2/h3-4,6,9,12H,1,5,7-8H2,2H3,(H,11,15)(H,13,14)/b6-4+. The highest BCUT2D eigenvalue weighted by Crippen LogP contribution is 1.71. The van der Waals surface area contributed by atoms with Crippen molar-refractivity contribution in [1.82, 2.24) is 16.0 Å². The van der Waals surface area contributed by atoms with Gasteiger partial charge in [-0.05, 0) is 12.3 Å². The summed E-state index contributed by atoms with van der Waals surface area (Å²) < 4.78 is 0. The molecule has 0 aromatic rings. The zero-order valence-electron chi connectivity index (χ0n) is 8.99. The fourth-order valence-electron chi connectivity index (χ4n) is 0.690. The Bertz CT molecular complexity index is 236. The van der Waals surface area contributed by atoms with E-state index in [0.29, 0.717) is 13.1 Å². The van der Waals surface area contributed by atoms with Gasteiger partial charge in [-0.25, -0.2) is 0 Å². The van der Waals surface area contributed by atoms with Gasteiger partial charge in [0.15, 0.2) is 0 Å². The first-order chi connectivity index (χ1) is 7.31. The Balaban J connectivity index is 3.34. The molecule has 0 unspecified atom stereocenters. The molecule has 0 heterocycles. The molecule has 0 aromatic carbocycles. The highest BCUT2D eigenvalue weighted by molar-refractivity contribution is 5.77. The van der Waals surface area contributed by atoms with Crippen molar-refractivity contribution in [3.05, 3.63) is 24.9 Å². The van der Waals surface area contributed by atoms with Crippen molar-refractivity contribution >= 4 is 12.2 Å². The number of hydrogen-bond acceptors (Lipinski definition) is 3. The third kappa shape index (κ3) is 10.1. The Hall–Kier alpha value is -1.78. The SMILES string of the molecule is C=CCNC=NC/C=C/NCC(=O)NC. The summed E-state index contributed by atoms with van der Waals surface area (Å²) in [5.74, 6) is -0.0456. The van der Waals surface area contributed by atoms with Crippen LogP contribution in [0.25, 0.3) is 0 Å². The number of carbonyl (C=O) groups is 1. The second-order valence-electron chi connectivity index (χ2n) is 2.65. The molecule has 0 saturated heterocycles.